The lowest BCUT2D eigenvalue weighted by molar-refractivity contribution is -0.181. The highest BCUT2D eigenvalue weighted by Gasteiger charge is 2.54. The van der Waals surface area contributed by atoms with Crippen LogP contribution in [-0.4, -0.2) is 35.7 Å². The van der Waals surface area contributed by atoms with E-state index in [4.69, 9.17) is 4.74 Å². The zero-order chi connectivity index (χ0) is 11.3. The first-order valence-corrected chi connectivity index (χ1v) is 6.21. The molecule has 88 valence electrons. The molecule has 2 nitrogen and oxygen atoms in total. The molecule has 15 heavy (non-hydrogen) atoms. The van der Waals surface area contributed by atoms with Gasteiger partial charge in [0, 0.05) is 24.0 Å². The van der Waals surface area contributed by atoms with Crippen LogP contribution in [0.5, 0.6) is 0 Å². The minimum absolute atomic E-state index is 0.356. The van der Waals surface area contributed by atoms with Gasteiger partial charge in [-0.25, -0.2) is 0 Å². The summed E-state index contributed by atoms with van der Waals surface area (Å²) in [6.07, 6.45) is 3.52. The van der Waals surface area contributed by atoms with E-state index in [0.717, 1.165) is 0 Å². The maximum atomic E-state index is 5.82. The van der Waals surface area contributed by atoms with Gasteiger partial charge >= 0.3 is 0 Å². The van der Waals surface area contributed by atoms with Crippen LogP contribution >= 0.6 is 0 Å². The Hall–Kier alpha value is -0.0800. The summed E-state index contributed by atoms with van der Waals surface area (Å²) < 4.78 is 5.82. The third-order valence-corrected chi connectivity index (χ3v) is 3.79. The number of nitrogens with zero attached hydrogens (tertiary/aromatic N) is 1. The normalized spacial score (nSPS) is 26.8. The van der Waals surface area contributed by atoms with Crippen molar-refractivity contribution in [3.63, 3.8) is 0 Å². The lowest BCUT2D eigenvalue weighted by atomic mass is 9.60. The van der Waals surface area contributed by atoms with E-state index in [1.807, 2.05) is 0 Å². The number of rotatable bonds is 2. The van der Waals surface area contributed by atoms with Gasteiger partial charge in [0.2, 0.25) is 0 Å². The van der Waals surface area contributed by atoms with Crippen LogP contribution in [0, 0.1) is 5.41 Å². The van der Waals surface area contributed by atoms with Crippen molar-refractivity contribution in [1.82, 2.24) is 4.90 Å². The molecule has 0 aromatic rings. The summed E-state index contributed by atoms with van der Waals surface area (Å²) in [6.45, 7) is 13.8. The SMILES string of the molecule is CC(C)OC1CC2(C1)CN(C(C)(C)C)C2. The molecule has 0 aromatic heterocycles. The molecule has 2 heteroatoms. The Bertz CT molecular complexity index is 227. The van der Waals surface area contributed by atoms with Gasteiger partial charge in [-0.1, -0.05) is 0 Å². The highest BCUT2D eigenvalue weighted by atomic mass is 16.5. The van der Waals surface area contributed by atoms with E-state index in [-0.39, 0.29) is 0 Å². The van der Waals surface area contributed by atoms with Gasteiger partial charge in [-0.05, 0) is 47.5 Å². The van der Waals surface area contributed by atoms with E-state index in [9.17, 15) is 0 Å². The molecule has 0 aromatic carbocycles. The molecule has 2 fully saturated rings. The Morgan fingerprint density at radius 1 is 1.20 bits per heavy atom. The second-order valence-electron chi connectivity index (χ2n) is 6.74. The van der Waals surface area contributed by atoms with Gasteiger partial charge in [-0.3, -0.25) is 4.90 Å². The van der Waals surface area contributed by atoms with Crippen LogP contribution in [0.1, 0.15) is 47.5 Å². The van der Waals surface area contributed by atoms with Gasteiger partial charge in [0.1, 0.15) is 0 Å². The van der Waals surface area contributed by atoms with Crippen molar-refractivity contribution in [1.29, 1.82) is 0 Å². The molecule has 1 spiro atoms. The quantitative estimate of drug-likeness (QED) is 0.696. The van der Waals surface area contributed by atoms with Gasteiger partial charge in [-0.15, -0.1) is 0 Å². The summed E-state index contributed by atoms with van der Waals surface area (Å²) in [5.74, 6) is 0. The third-order valence-electron chi connectivity index (χ3n) is 3.79. The fraction of sp³-hybridized carbons (Fsp3) is 1.00. The zero-order valence-electron chi connectivity index (χ0n) is 10.8. The minimum Gasteiger partial charge on any atom is -0.376 e. The van der Waals surface area contributed by atoms with Crippen LogP contribution < -0.4 is 0 Å². The maximum Gasteiger partial charge on any atom is 0.0591 e. The summed E-state index contributed by atoms with van der Waals surface area (Å²) in [5, 5.41) is 0. The van der Waals surface area contributed by atoms with Crippen molar-refractivity contribution in [3.8, 4) is 0 Å². The van der Waals surface area contributed by atoms with Crippen molar-refractivity contribution in [2.75, 3.05) is 13.1 Å². The molecule has 0 unspecified atom stereocenters. The summed E-state index contributed by atoms with van der Waals surface area (Å²) in [7, 11) is 0. The fourth-order valence-corrected chi connectivity index (χ4v) is 2.88. The second-order valence-corrected chi connectivity index (χ2v) is 6.74. The lowest BCUT2D eigenvalue weighted by Crippen LogP contribution is -2.68. The molecule has 0 bridgehead atoms. The summed E-state index contributed by atoms with van der Waals surface area (Å²) >= 11 is 0. The molecule has 2 rings (SSSR count). The van der Waals surface area contributed by atoms with Crippen LogP contribution in [0.3, 0.4) is 0 Å². The van der Waals surface area contributed by atoms with Gasteiger partial charge in [0.05, 0.1) is 12.2 Å². The Morgan fingerprint density at radius 2 is 1.73 bits per heavy atom. The molecule has 0 N–H and O–H groups in total. The Morgan fingerprint density at radius 3 is 2.13 bits per heavy atom. The highest BCUT2D eigenvalue weighted by molar-refractivity contribution is 5.07. The van der Waals surface area contributed by atoms with E-state index in [1.54, 1.807) is 0 Å². The average Bonchev–Trinajstić information content (AvgIpc) is 1.87. The van der Waals surface area contributed by atoms with Crippen LogP contribution in [0.2, 0.25) is 0 Å². The van der Waals surface area contributed by atoms with E-state index in [2.05, 4.69) is 39.5 Å². The molecule has 2 aliphatic rings. The van der Waals surface area contributed by atoms with Crippen molar-refractivity contribution in [3.05, 3.63) is 0 Å². The van der Waals surface area contributed by atoms with Crippen LogP contribution in [-0.2, 0) is 4.74 Å². The highest BCUT2D eigenvalue weighted by Crippen LogP contribution is 2.51. The van der Waals surface area contributed by atoms with Crippen molar-refractivity contribution < 1.29 is 4.74 Å². The van der Waals surface area contributed by atoms with Crippen LogP contribution in [0.4, 0.5) is 0 Å². The molecule has 0 radical (unpaired) electrons. The summed E-state index contributed by atoms with van der Waals surface area (Å²) in [6, 6.07) is 0. The van der Waals surface area contributed by atoms with Crippen LogP contribution in [0.25, 0.3) is 0 Å². The molecular formula is C13H25NO. The molecule has 0 atom stereocenters. The molecule has 1 aliphatic carbocycles. The molecule has 0 amide bonds. The average molecular weight is 211 g/mol. The predicted molar refractivity (Wildman–Crippen MR) is 63.0 cm³/mol. The van der Waals surface area contributed by atoms with Crippen molar-refractivity contribution >= 4 is 0 Å². The summed E-state index contributed by atoms with van der Waals surface area (Å²) in [4.78, 5) is 2.58. The first-order valence-electron chi connectivity index (χ1n) is 6.21. The fourth-order valence-electron chi connectivity index (χ4n) is 2.88. The Balaban J connectivity index is 1.73. The molecule has 1 aliphatic heterocycles. The third kappa shape index (κ3) is 2.21. The second kappa shape index (κ2) is 3.46. The van der Waals surface area contributed by atoms with Gasteiger partial charge in [0.15, 0.2) is 0 Å². The largest absolute Gasteiger partial charge is 0.376 e. The van der Waals surface area contributed by atoms with Gasteiger partial charge in [0.25, 0.3) is 0 Å². The number of hydrogen-bond acceptors (Lipinski definition) is 2. The summed E-state index contributed by atoms with van der Waals surface area (Å²) in [5.41, 5.74) is 0.988. The first kappa shape index (κ1) is 11.4. The number of hydrogen-bond donors (Lipinski definition) is 0. The number of likely N-dealkylation sites (tertiary alicyclic amines) is 1. The van der Waals surface area contributed by atoms with Crippen LogP contribution in [0.15, 0.2) is 0 Å². The van der Waals surface area contributed by atoms with Crippen molar-refractivity contribution in [2.24, 2.45) is 5.41 Å². The molecule has 1 heterocycles. The smallest absolute Gasteiger partial charge is 0.0591 e. The van der Waals surface area contributed by atoms with Crippen molar-refractivity contribution in [2.45, 2.75) is 65.2 Å². The van der Waals surface area contributed by atoms with E-state index in [0.29, 0.717) is 23.2 Å². The van der Waals surface area contributed by atoms with E-state index < -0.39 is 0 Å². The first-order chi connectivity index (χ1) is 6.81. The van der Waals surface area contributed by atoms with E-state index in [1.165, 1.54) is 25.9 Å². The lowest BCUT2D eigenvalue weighted by Gasteiger charge is -2.62. The maximum absolute atomic E-state index is 5.82. The topological polar surface area (TPSA) is 12.5 Å². The minimum atomic E-state index is 0.356. The van der Waals surface area contributed by atoms with E-state index >= 15 is 0 Å². The standard InChI is InChI=1S/C13H25NO/c1-10(2)15-11-6-13(7-11)8-14(9-13)12(3,4)5/h10-11H,6-9H2,1-5H3. The Labute approximate surface area is 94.0 Å². The Kier molecular flexibility index (Phi) is 2.63. The monoisotopic (exact) mass is 211 g/mol. The zero-order valence-corrected chi connectivity index (χ0v) is 10.8. The molecule has 1 saturated carbocycles. The van der Waals surface area contributed by atoms with Gasteiger partial charge in [-0.2, -0.15) is 0 Å². The predicted octanol–water partition coefficient (Wildman–Crippen LogP) is 2.67. The number of ether oxygens (including phenoxy) is 1. The molecular weight excluding hydrogens is 186 g/mol. The van der Waals surface area contributed by atoms with Gasteiger partial charge < -0.3 is 4.74 Å². The molecule has 1 saturated heterocycles.